The molecule has 2 aliphatic rings. The van der Waals surface area contributed by atoms with Gasteiger partial charge in [-0.25, -0.2) is 9.37 Å². The Bertz CT molecular complexity index is 1510. The molecule has 2 aliphatic heterocycles. The van der Waals surface area contributed by atoms with E-state index in [1.165, 1.54) is 18.4 Å². The topological polar surface area (TPSA) is 142 Å². The van der Waals surface area contributed by atoms with Crippen molar-refractivity contribution in [1.29, 1.82) is 0 Å². The van der Waals surface area contributed by atoms with Gasteiger partial charge in [-0.1, -0.05) is 71.4 Å². The second-order valence-corrected chi connectivity index (χ2v) is 16.2. The minimum Gasteiger partial charge on any atom is -0.379 e. The monoisotopic (exact) mass is 772 g/mol. The highest BCUT2D eigenvalue weighted by molar-refractivity contribution is 7.09. The summed E-state index contributed by atoms with van der Waals surface area (Å²) in [5.74, 6) is -2.45. The van der Waals surface area contributed by atoms with Gasteiger partial charge in [0.2, 0.25) is 23.4 Å². The van der Waals surface area contributed by atoms with E-state index >= 15 is 4.39 Å². The van der Waals surface area contributed by atoms with Crippen molar-refractivity contribution in [2.24, 2.45) is 17.8 Å². The second-order valence-electron chi connectivity index (χ2n) is 15.3. The van der Waals surface area contributed by atoms with Gasteiger partial charge >= 0.3 is 0 Å². The summed E-state index contributed by atoms with van der Waals surface area (Å²) in [6, 6.07) is 7.82. The molecule has 0 saturated carbocycles. The normalized spacial score (nSPS) is 22.6. The van der Waals surface area contributed by atoms with E-state index < -0.39 is 41.8 Å². The summed E-state index contributed by atoms with van der Waals surface area (Å²) in [6.07, 6.45) is 3.26. The molecule has 2 saturated heterocycles. The van der Waals surface area contributed by atoms with Gasteiger partial charge < -0.3 is 35.2 Å². The predicted octanol–water partition coefficient (Wildman–Crippen LogP) is 4.31. The number of nitrogens with zero attached hydrogens (tertiary/aromatic N) is 3. The molecule has 4 amide bonds. The molecule has 4 rings (SSSR count). The average Bonchev–Trinajstić information content (AvgIpc) is 3.97. The van der Waals surface area contributed by atoms with Crippen LogP contribution in [0.25, 0.3) is 0 Å². The van der Waals surface area contributed by atoms with E-state index in [-0.39, 0.29) is 61.0 Å². The van der Waals surface area contributed by atoms with Crippen molar-refractivity contribution >= 4 is 35.0 Å². The number of methoxy groups -OCH3 is 2. The fraction of sp³-hybridized carbons (Fsp3) is 0.675. The van der Waals surface area contributed by atoms with Gasteiger partial charge in [-0.2, -0.15) is 0 Å². The van der Waals surface area contributed by atoms with Gasteiger partial charge in [-0.05, 0) is 43.2 Å². The van der Waals surface area contributed by atoms with Crippen LogP contribution in [0.15, 0.2) is 41.9 Å². The quantitative estimate of drug-likeness (QED) is 0.192. The SMILES string of the molecule is CC[C@H](C)[C@@H]([C@@H](CC(=O)N1CCC[C@H]1[C@H](OC)[C@@H](C)C(=O)N[C@@H](Cc1ccccc1)c1nccs1)OC)N(C)C(=O)[C@@H](NC(=O)C1(F)CCNC1)C(C)C. The van der Waals surface area contributed by atoms with Gasteiger partial charge in [-0.15, -0.1) is 11.3 Å². The number of alkyl halides is 1. The first-order chi connectivity index (χ1) is 25.8. The fourth-order valence-electron chi connectivity index (χ4n) is 7.92. The molecule has 9 atom stereocenters. The lowest BCUT2D eigenvalue weighted by Crippen LogP contribution is -2.59. The first kappa shape index (κ1) is 43.3. The second kappa shape index (κ2) is 19.9. The van der Waals surface area contributed by atoms with E-state index in [0.29, 0.717) is 32.4 Å². The minimum atomic E-state index is -2.07. The Hall–Kier alpha value is -3.46. The van der Waals surface area contributed by atoms with Crippen LogP contribution in [0.3, 0.4) is 0 Å². The lowest BCUT2D eigenvalue weighted by atomic mass is 9.89. The van der Waals surface area contributed by atoms with Crippen molar-refractivity contribution in [3.8, 4) is 0 Å². The number of carbonyl (C=O) groups excluding carboxylic acids is 4. The number of hydrogen-bond acceptors (Lipinski definition) is 9. The maximum absolute atomic E-state index is 15.3. The smallest absolute Gasteiger partial charge is 0.259 e. The Labute approximate surface area is 324 Å². The van der Waals surface area contributed by atoms with E-state index in [0.717, 1.165) is 17.0 Å². The number of rotatable bonds is 19. The molecule has 3 heterocycles. The first-order valence-corrected chi connectivity index (χ1v) is 20.2. The molecule has 1 aromatic carbocycles. The van der Waals surface area contributed by atoms with Crippen LogP contribution in [0.2, 0.25) is 0 Å². The fourth-order valence-corrected chi connectivity index (χ4v) is 8.61. The maximum atomic E-state index is 15.3. The van der Waals surface area contributed by atoms with Crippen molar-refractivity contribution in [2.75, 3.05) is 40.9 Å². The molecule has 3 N–H and O–H groups in total. The molecule has 54 heavy (non-hydrogen) atoms. The molecule has 1 unspecified atom stereocenters. The van der Waals surface area contributed by atoms with Crippen LogP contribution < -0.4 is 16.0 Å². The van der Waals surface area contributed by atoms with E-state index in [1.54, 1.807) is 30.2 Å². The predicted molar refractivity (Wildman–Crippen MR) is 207 cm³/mol. The zero-order chi connectivity index (χ0) is 39.6. The van der Waals surface area contributed by atoms with Gasteiger partial charge in [-0.3, -0.25) is 19.2 Å². The zero-order valence-corrected chi connectivity index (χ0v) is 34.0. The lowest BCUT2D eigenvalue weighted by molar-refractivity contribution is -0.148. The summed E-state index contributed by atoms with van der Waals surface area (Å²) in [5, 5.41) is 11.5. The average molecular weight is 773 g/mol. The van der Waals surface area contributed by atoms with Gasteiger partial charge in [0.1, 0.15) is 11.0 Å². The molecule has 0 bridgehead atoms. The lowest BCUT2D eigenvalue weighted by Gasteiger charge is -2.41. The number of carbonyl (C=O) groups is 4. The van der Waals surface area contributed by atoms with E-state index in [2.05, 4.69) is 20.9 Å². The van der Waals surface area contributed by atoms with Crippen molar-refractivity contribution in [2.45, 2.75) is 115 Å². The third kappa shape index (κ3) is 10.4. The van der Waals surface area contributed by atoms with Crippen molar-refractivity contribution < 1.29 is 33.0 Å². The van der Waals surface area contributed by atoms with Crippen LogP contribution in [-0.4, -0.2) is 115 Å². The Morgan fingerprint density at radius 2 is 1.83 bits per heavy atom. The summed E-state index contributed by atoms with van der Waals surface area (Å²) >= 11 is 1.49. The molecule has 300 valence electrons. The van der Waals surface area contributed by atoms with Crippen molar-refractivity contribution in [3.63, 3.8) is 0 Å². The number of halogens is 1. The zero-order valence-electron chi connectivity index (χ0n) is 33.2. The summed E-state index contributed by atoms with van der Waals surface area (Å²) in [5.41, 5.74) is -0.990. The molecular weight excluding hydrogens is 712 g/mol. The van der Waals surface area contributed by atoms with E-state index in [4.69, 9.17) is 9.47 Å². The molecule has 1 aromatic heterocycles. The molecule has 14 heteroatoms. The van der Waals surface area contributed by atoms with Gasteiger partial charge in [0.25, 0.3) is 5.91 Å². The maximum Gasteiger partial charge on any atom is 0.259 e. The number of amides is 4. The number of likely N-dealkylation sites (N-methyl/N-ethyl adjacent to an activating group) is 1. The highest BCUT2D eigenvalue weighted by Crippen LogP contribution is 2.31. The number of benzene rings is 1. The van der Waals surface area contributed by atoms with Gasteiger partial charge in [0.15, 0.2) is 0 Å². The molecule has 0 radical (unpaired) electrons. The van der Waals surface area contributed by atoms with Gasteiger partial charge in [0, 0.05) is 52.4 Å². The van der Waals surface area contributed by atoms with Crippen molar-refractivity contribution in [3.05, 3.63) is 52.5 Å². The number of hydrogen-bond donors (Lipinski definition) is 3. The number of aromatic nitrogens is 1. The first-order valence-electron chi connectivity index (χ1n) is 19.3. The van der Waals surface area contributed by atoms with Crippen LogP contribution in [0.1, 0.15) is 83.3 Å². The number of thiazole rings is 1. The molecule has 2 fully saturated rings. The summed E-state index contributed by atoms with van der Waals surface area (Å²) in [7, 11) is 4.77. The van der Waals surface area contributed by atoms with E-state index in [1.807, 2.05) is 70.3 Å². The Kier molecular flexibility index (Phi) is 16.0. The van der Waals surface area contributed by atoms with Crippen molar-refractivity contribution in [1.82, 2.24) is 30.7 Å². The summed E-state index contributed by atoms with van der Waals surface area (Å²) < 4.78 is 27.3. The van der Waals surface area contributed by atoms with Crippen LogP contribution in [0, 0.1) is 17.8 Å². The summed E-state index contributed by atoms with van der Waals surface area (Å²) in [6.45, 7) is 10.3. The van der Waals surface area contributed by atoms with Crippen LogP contribution in [0.4, 0.5) is 4.39 Å². The molecule has 0 aliphatic carbocycles. The van der Waals surface area contributed by atoms with Crippen LogP contribution in [-0.2, 0) is 35.1 Å². The third-order valence-corrected chi connectivity index (χ3v) is 12.2. The standard InChI is InChI=1S/C40H61FN6O6S/c1-9-26(4)34(46(6)38(50)33(25(2)3)45-39(51)40(41)17-18-42-24-40)31(52-7)23-32(48)47-20-13-16-30(47)35(53-8)27(5)36(49)44-29(37-43-19-21-54-37)22-28-14-11-10-12-15-28/h10-12,14-15,19,21,25-27,29-31,33-35,42H,9,13,16-18,20,22-24H2,1-8H3,(H,44,49)(H,45,51)/t26-,27+,29-,30-,31+,33-,34-,35+,40?/m0/s1. The van der Waals surface area contributed by atoms with E-state index in [9.17, 15) is 19.2 Å². The molecule has 12 nitrogen and oxygen atoms in total. The highest BCUT2D eigenvalue weighted by Gasteiger charge is 2.46. The highest BCUT2D eigenvalue weighted by atomic mass is 32.1. The largest absolute Gasteiger partial charge is 0.379 e. The van der Waals surface area contributed by atoms with Crippen LogP contribution in [0.5, 0.6) is 0 Å². The molecular formula is C40H61FN6O6S. The number of likely N-dealkylation sites (tertiary alicyclic amines) is 1. The molecule has 0 spiro atoms. The minimum absolute atomic E-state index is 0.00218. The van der Waals surface area contributed by atoms with Gasteiger partial charge in [0.05, 0.1) is 42.7 Å². The molecule has 2 aromatic rings. The number of ether oxygens (including phenoxy) is 2. The Balaban J connectivity index is 1.47. The van der Waals surface area contributed by atoms with Crippen LogP contribution >= 0.6 is 11.3 Å². The Morgan fingerprint density at radius 3 is 2.41 bits per heavy atom. The summed E-state index contributed by atoms with van der Waals surface area (Å²) in [4.78, 5) is 63.1. The number of nitrogens with one attached hydrogen (secondary N) is 3. The third-order valence-electron chi connectivity index (χ3n) is 11.3. The Morgan fingerprint density at radius 1 is 1.11 bits per heavy atom.